The van der Waals surface area contributed by atoms with Crippen LogP contribution in [0.15, 0.2) is 47.7 Å². The summed E-state index contributed by atoms with van der Waals surface area (Å²) in [7, 11) is 0. The third-order valence-electron chi connectivity index (χ3n) is 5.60. The highest BCUT2D eigenvalue weighted by Crippen LogP contribution is 2.42. The number of oxazole rings is 1. The molecule has 4 aromatic heterocycles. The zero-order chi connectivity index (χ0) is 18.7. The molecule has 2 aliphatic rings. The molecular weight excluding hydrogens is 356 g/mol. The normalized spacial score (nSPS) is 19.1. The van der Waals surface area contributed by atoms with Crippen LogP contribution in [-0.4, -0.2) is 41.7 Å². The molecule has 0 spiro atoms. The van der Waals surface area contributed by atoms with Crippen molar-refractivity contribution in [3.05, 3.63) is 71.8 Å². The number of amides is 1. The predicted octanol–water partition coefficient (Wildman–Crippen LogP) is 2.71. The van der Waals surface area contributed by atoms with Crippen molar-refractivity contribution < 1.29 is 9.21 Å². The Morgan fingerprint density at radius 2 is 2.14 bits per heavy atom. The highest BCUT2D eigenvalue weighted by Gasteiger charge is 2.40. The van der Waals surface area contributed by atoms with Gasteiger partial charge in [0.15, 0.2) is 6.39 Å². The van der Waals surface area contributed by atoms with Crippen molar-refractivity contribution in [2.75, 3.05) is 6.54 Å². The molecule has 8 heteroatoms. The Balaban J connectivity index is 1.46. The van der Waals surface area contributed by atoms with Crippen molar-refractivity contribution >= 4 is 11.6 Å². The molecule has 6 rings (SSSR count). The van der Waals surface area contributed by atoms with E-state index in [4.69, 9.17) is 9.40 Å². The van der Waals surface area contributed by atoms with Gasteiger partial charge in [0.1, 0.15) is 11.7 Å². The van der Waals surface area contributed by atoms with Crippen molar-refractivity contribution in [2.45, 2.75) is 31.2 Å². The fourth-order valence-electron chi connectivity index (χ4n) is 4.07. The molecule has 1 amide bonds. The minimum absolute atomic E-state index is 0.143. The number of H-pyrrole nitrogens is 1. The quantitative estimate of drug-likeness (QED) is 0.595. The first-order valence-electron chi connectivity index (χ1n) is 9.49. The van der Waals surface area contributed by atoms with Crippen LogP contribution in [0.3, 0.4) is 0 Å². The maximum atomic E-state index is 13.5. The molecule has 1 fully saturated rings. The van der Waals surface area contributed by atoms with E-state index in [0.29, 0.717) is 18.2 Å². The molecule has 1 aliphatic heterocycles. The maximum Gasteiger partial charge on any atom is 0.292 e. The first-order chi connectivity index (χ1) is 13.8. The number of nitrogens with one attached hydrogen (secondary N) is 1. The maximum absolute atomic E-state index is 13.5. The van der Waals surface area contributed by atoms with Crippen molar-refractivity contribution in [1.82, 2.24) is 29.2 Å². The van der Waals surface area contributed by atoms with Gasteiger partial charge in [0.25, 0.3) is 5.91 Å². The molecule has 5 heterocycles. The standard InChI is InChI=1S/C20H18N6O2/c27-20(19-16(12-4-5-12)23-11-28-19)26-8-6-13-17(22-10-21-13)18(26)14-9-25-7-2-1-3-15(25)24-14/h1-3,7,9-12,18H,4-6,8H2,(H,21,22)/t18-/m1/s1. The van der Waals surface area contributed by atoms with E-state index in [9.17, 15) is 4.79 Å². The zero-order valence-corrected chi connectivity index (χ0v) is 15.1. The lowest BCUT2D eigenvalue weighted by atomic mass is 9.99. The van der Waals surface area contributed by atoms with E-state index >= 15 is 0 Å². The van der Waals surface area contributed by atoms with Crippen LogP contribution in [0.5, 0.6) is 0 Å². The molecule has 1 atom stereocenters. The summed E-state index contributed by atoms with van der Waals surface area (Å²) in [4.78, 5) is 32.1. The number of nitrogens with zero attached hydrogens (tertiary/aromatic N) is 5. The minimum Gasteiger partial charge on any atom is -0.438 e. The van der Waals surface area contributed by atoms with Gasteiger partial charge in [-0.1, -0.05) is 6.07 Å². The second-order valence-electron chi connectivity index (χ2n) is 7.39. The molecule has 0 saturated heterocycles. The number of hydrogen-bond acceptors (Lipinski definition) is 5. The molecule has 28 heavy (non-hydrogen) atoms. The lowest BCUT2D eigenvalue weighted by Crippen LogP contribution is -2.41. The van der Waals surface area contributed by atoms with Gasteiger partial charge < -0.3 is 18.7 Å². The summed E-state index contributed by atoms with van der Waals surface area (Å²) in [6, 6.07) is 5.50. The first kappa shape index (κ1) is 15.6. The summed E-state index contributed by atoms with van der Waals surface area (Å²) in [6.45, 7) is 0.567. The number of pyridine rings is 1. The number of aromatic nitrogens is 5. The van der Waals surface area contributed by atoms with Crippen LogP contribution in [0.2, 0.25) is 0 Å². The van der Waals surface area contributed by atoms with Crippen LogP contribution in [0, 0.1) is 0 Å². The van der Waals surface area contributed by atoms with E-state index < -0.39 is 0 Å². The molecule has 0 unspecified atom stereocenters. The molecule has 0 radical (unpaired) electrons. The number of rotatable bonds is 3. The van der Waals surface area contributed by atoms with Crippen LogP contribution >= 0.6 is 0 Å². The average molecular weight is 374 g/mol. The lowest BCUT2D eigenvalue weighted by molar-refractivity contribution is 0.0653. The van der Waals surface area contributed by atoms with Gasteiger partial charge in [0.2, 0.25) is 5.76 Å². The van der Waals surface area contributed by atoms with Crippen LogP contribution in [0.25, 0.3) is 5.65 Å². The minimum atomic E-state index is -0.362. The molecule has 0 bridgehead atoms. The molecule has 8 nitrogen and oxygen atoms in total. The number of carbonyl (C=O) groups is 1. The Bertz CT molecular complexity index is 1150. The van der Waals surface area contributed by atoms with E-state index in [1.807, 2.05) is 39.9 Å². The van der Waals surface area contributed by atoms with Crippen LogP contribution in [0.1, 0.15) is 58.1 Å². The van der Waals surface area contributed by atoms with Gasteiger partial charge >= 0.3 is 0 Å². The van der Waals surface area contributed by atoms with Crippen LogP contribution in [0.4, 0.5) is 0 Å². The largest absolute Gasteiger partial charge is 0.438 e. The molecule has 140 valence electrons. The van der Waals surface area contributed by atoms with E-state index in [0.717, 1.165) is 47.7 Å². The average Bonchev–Trinajstić information content (AvgIpc) is 3.14. The molecule has 4 aromatic rings. The van der Waals surface area contributed by atoms with E-state index in [1.165, 1.54) is 6.39 Å². The number of aromatic amines is 1. The number of imidazole rings is 2. The van der Waals surface area contributed by atoms with Gasteiger partial charge in [-0.3, -0.25) is 4.79 Å². The monoisotopic (exact) mass is 374 g/mol. The summed E-state index contributed by atoms with van der Waals surface area (Å²) in [5.41, 5.74) is 4.30. The second kappa shape index (κ2) is 5.79. The van der Waals surface area contributed by atoms with E-state index in [1.54, 1.807) is 6.33 Å². The van der Waals surface area contributed by atoms with Gasteiger partial charge in [-0.25, -0.2) is 15.0 Å². The number of hydrogen-bond donors (Lipinski definition) is 1. The summed E-state index contributed by atoms with van der Waals surface area (Å²) in [5.74, 6) is 0.558. The molecule has 1 N–H and O–H groups in total. The topological polar surface area (TPSA) is 92.3 Å². The van der Waals surface area contributed by atoms with Gasteiger partial charge in [0.05, 0.1) is 23.4 Å². The van der Waals surface area contributed by atoms with Crippen molar-refractivity contribution in [3.63, 3.8) is 0 Å². The third kappa shape index (κ3) is 2.30. The zero-order valence-electron chi connectivity index (χ0n) is 15.1. The summed E-state index contributed by atoms with van der Waals surface area (Å²) in [6.07, 6.45) is 9.83. The van der Waals surface area contributed by atoms with E-state index in [-0.39, 0.29) is 11.9 Å². The van der Waals surface area contributed by atoms with Crippen LogP contribution in [-0.2, 0) is 6.42 Å². The lowest BCUT2D eigenvalue weighted by Gasteiger charge is -2.33. The van der Waals surface area contributed by atoms with Crippen LogP contribution < -0.4 is 0 Å². The van der Waals surface area contributed by atoms with Crippen molar-refractivity contribution in [2.24, 2.45) is 0 Å². The second-order valence-corrected chi connectivity index (χ2v) is 7.39. The van der Waals surface area contributed by atoms with Crippen molar-refractivity contribution in [3.8, 4) is 0 Å². The van der Waals surface area contributed by atoms with Gasteiger partial charge in [0, 0.05) is 37.0 Å². The summed E-state index contributed by atoms with van der Waals surface area (Å²) < 4.78 is 7.50. The fourth-order valence-corrected chi connectivity index (χ4v) is 4.07. The van der Waals surface area contributed by atoms with Gasteiger partial charge in [-0.05, 0) is 25.0 Å². The summed E-state index contributed by atoms with van der Waals surface area (Å²) >= 11 is 0. The first-order valence-corrected chi connectivity index (χ1v) is 9.49. The van der Waals surface area contributed by atoms with E-state index in [2.05, 4.69) is 15.0 Å². The molecule has 1 aliphatic carbocycles. The Morgan fingerprint density at radius 1 is 1.21 bits per heavy atom. The number of fused-ring (bicyclic) bond motifs is 2. The Morgan fingerprint density at radius 3 is 3.00 bits per heavy atom. The smallest absolute Gasteiger partial charge is 0.292 e. The summed E-state index contributed by atoms with van der Waals surface area (Å²) in [5, 5.41) is 0. The third-order valence-corrected chi connectivity index (χ3v) is 5.60. The van der Waals surface area contributed by atoms with Crippen molar-refractivity contribution in [1.29, 1.82) is 0 Å². The SMILES string of the molecule is O=C(c1ocnc1C1CC1)N1CCc2[nH]cnc2[C@H]1c1cn2ccccc2n1. The predicted molar refractivity (Wildman–Crippen MR) is 98.8 cm³/mol. The number of carbonyl (C=O) groups excluding carboxylic acids is 1. The Kier molecular flexibility index (Phi) is 3.23. The Hall–Kier alpha value is -3.42. The highest BCUT2D eigenvalue weighted by molar-refractivity contribution is 5.93. The fraction of sp³-hybridized carbons (Fsp3) is 0.300. The molecule has 1 saturated carbocycles. The molecular formula is C20H18N6O2. The van der Waals surface area contributed by atoms with Gasteiger partial charge in [-0.15, -0.1) is 0 Å². The van der Waals surface area contributed by atoms with Gasteiger partial charge in [-0.2, -0.15) is 0 Å². The Labute approximate surface area is 160 Å². The molecule has 0 aromatic carbocycles. The highest BCUT2D eigenvalue weighted by atomic mass is 16.3.